The van der Waals surface area contributed by atoms with E-state index in [1.54, 1.807) is 31.2 Å². The molecule has 1 aromatic carbocycles. The second-order valence-corrected chi connectivity index (χ2v) is 5.49. The highest BCUT2D eigenvalue weighted by atomic mass is 16.2. The van der Waals surface area contributed by atoms with E-state index in [4.69, 9.17) is 0 Å². The number of fused-ring (bicyclic) bond motifs is 1. The number of aromatic nitrogens is 2. The number of aromatic amines is 1. The highest BCUT2D eigenvalue weighted by molar-refractivity contribution is 6.05. The molecule has 0 saturated carbocycles. The van der Waals surface area contributed by atoms with E-state index in [0.717, 1.165) is 0 Å². The largest absolute Gasteiger partial charge is 0.352 e. The molecule has 2 amide bonds. The number of amides is 2. The first kappa shape index (κ1) is 16.7. The van der Waals surface area contributed by atoms with Crippen LogP contribution in [0.2, 0.25) is 0 Å². The molecule has 0 aliphatic rings. The van der Waals surface area contributed by atoms with Gasteiger partial charge in [0.25, 0.3) is 11.5 Å². The van der Waals surface area contributed by atoms with Crippen molar-refractivity contribution in [3.8, 4) is 0 Å². The van der Waals surface area contributed by atoms with E-state index in [9.17, 15) is 14.4 Å². The van der Waals surface area contributed by atoms with Gasteiger partial charge in [-0.1, -0.05) is 18.2 Å². The van der Waals surface area contributed by atoms with Gasteiger partial charge in [-0.15, -0.1) is 0 Å². The van der Waals surface area contributed by atoms with E-state index in [-0.39, 0.29) is 35.7 Å². The van der Waals surface area contributed by atoms with E-state index in [1.807, 2.05) is 13.8 Å². The lowest BCUT2D eigenvalue weighted by Gasteiger charge is -2.21. The molecule has 2 aromatic rings. The van der Waals surface area contributed by atoms with Crippen LogP contribution in [0.5, 0.6) is 0 Å². The predicted octanol–water partition coefficient (Wildman–Crippen LogP) is 0.910. The molecular weight excluding hydrogens is 296 g/mol. The summed E-state index contributed by atoms with van der Waals surface area (Å²) < 4.78 is 0. The number of carbonyl (C=O) groups excluding carboxylic acids is 2. The van der Waals surface area contributed by atoms with Crippen molar-refractivity contribution in [1.82, 2.24) is 20.4 Å². The number of hydrogen-bond donors (Lipinski definition) is 2. The Labute approximate surface area is 133 Å². The first-order chi connectivity index (χ1) is 10.9. The quantitative estimate of drug-likeness (QED) is 0.857. The van der Waals surface area contributed by atoms with Crippen molar-refractivity contribution >= 4 is 22.6 Å². The molecule has 122 valence electrons. The van der Waals surface area contributed by atoms with E-state index in [0.29, 0.717) is 17.3 Å². The molecule has 23 heavy (non-hydrogen) atoms. The SMILES string of the molecule is CCN(CC(=O)NC(C)C)C(=O)c1n[nH]c(=O)c2ccccc12. The van der Waals surface area contributed by atoms with Crippen LogP contribution >= 0.6 is 0 Å². The van der Waals surface area contributed by atoms with Crippen molar-refractivity contribution in [3.05, 3.63) is 40.3 Å². The maximum Gasteiger partial charge on any atom is 0.275 e. The van der Waals surface area contributed by atoms with Crippen LogP contribution in [0.25, 0.3) is 10.8 Å². The molecule has 0 radical (unpaired) electrons. The standard InChI is InChI=1S/C16H20N4O3/c1-4-20(9-13(21)17-10(2)3)16(23)14-11-7-5-6-8-12(11)15(22)19-18-14/h5-8,10H,4,9H2,1-3H3,(H,17,21)(H,19,22). The van der Waals surface area contributed by atoms with Crippen LogP contribution in [-0.2, 0) is 4.79 Å². The molecule has 0 atom stereocenters. The number of nitrogens with one attached hydrogen (secondary N) is 2. The van der Waals surface area contributed by atoms with Crippen molar-refractivity contribution < 1.29 is 9.59 Å². The topological polar surface area (TPSA) is 95.2 Å². The normalized spacial score (nSPS) is 10.8. The molecule has 0 unspecified atom stereocenters. The zero-order valence-corrected chi connectivity index (χ0v) is 13.4. The second-order valence-electron chi connectivity index (χ2n) is 5.49. The summed E-state index contributed by atoms with van der Waals surface area (Å²) in [5.41, 5.74) is -0.211. The first-order valence-electron chi connectivity index (χ1n) is 7.50. The molecule has 0 spiro atoms. The highest BCUT2D eigenvalue weighted by Gasteiger charge is 2.21. The summed E-state index contributed by atoms with van der Waals surface area (Å²) in [4.78, 5) is 37.8. The predicted molar refractivity (Wildman–Crippen MR) is 87.2 cm³/mol. The van der Waals surface area contributed by atoms with Gasteiger partial charge in [-0.3, -0.25) is 14.4 Å². The Hall–Kier alpha value is -2.70. The maximum absolute atomic E-state index is 12.7. The van der Waals surface area contributed by atoms with Crippen molar-refractivity contribution in [2.75, 3.05) is 13.1 Å². The van der Waals surface area contributed by atoms with Gasteiger partial charge in [0.1, 0.15) is 0 Å². The third-order valence-electron chi connectivity index (χ3n) is 3.35. The van der Waals surface area contributed by atoms with Crippen LogP contribution < -0.4 is 10.9 Å². The molecule has 7 nitrogen and oxygen atoms in total. The lowest BCUT2D eigenvalue weighted by molar-refractivity contribution is -0.122. The Balaban J connectivity index is 2.33. The van der Waals surface area contributed by atoms with Gasteiger partial charge in [-0.05, 0) is 26.8 Å². The number of H-pyrrole nitrogens is 1. The molecule has 0 aliphatic heterocycles. The first-order valence-corrected chi connectivity index (χ1v) is 7.50. The zero-order chi connectivity index (χ0) is 17.0. The minimum absolute atomic E-state index is 0.00310. The minimum atomic E-state index is -0.390. The average Bonchev–Trinajstić information content (AvgIpc) is 2.52. The fourth-order valence-corrected chi connectivity index (χ4v) is 2.30. The summed E-state index contributed by atoms with van der Waals surface area (Å²) in [5, 5.41) is 9.84. The van der Waals surface area contributed by atoms with E-state index < -0.39 is 0 Å². The van der Waals surface area contributed by atoms with E-state index in [1.165, 1.54) is 4.90 Å². The van der Waals surface area contributed by atoms with Crippen LogP contribution in [0.15, 0.2) is 29.1 Å². The smallest absolute Gasteiger partial charge is 0.275 e. The second kappa shape index (κ2) is 7.04. The highest BCUT2D eigenvalue weighted by Crippen LogP contribution is 2.14. The number of rotatable bonds is 5. The summed E-state index contributed by atoms with van der Waals surface area (Å²) >= 11 is 0. The number of likely N-dealkylation sites (N-methyl/N-ethyl adjacent to an activating group) is 1. The molecule has 1 aromatic heterocycles. The molecule has 2 rings (SSSR count). The number of carbonyl (C=O) groups is 2. The lowest BCUT2D eigenvalue weighted by Crippen LogP contribution is -2.43. The third kappa shape index (κ3) is 3.74. The van der Waals surface area contributed by atoms with E-state index in [2.05, 4.69) is 15.5 Å². The Morgan fingerprint density at radius 2 is 1.91 bits per heavy atom. The average molecular weight is 316 g/mol. The Bertz CT molecular complexity index is 782. The summed E-state index contributed by atoms with van der Waals surface area (Å²) in [5.74, 6) is -0.622. The van der Waals surface area contributed by atoms with Crippen LogP contribution in [0.3, 0.4) is 0 Å². The van der Waals surface area contributed by atoms with Crippen LogP contribution in [0.1, 0.15) is 31.3 Å². The van der Waals surface area contributed by atoms with Gasteiger partial charge in [-0.2, -0.15) is 5.10 Å². The summed E-state index contributed by atoms with van der Waals surface area (Å²) in [6.07, 6.45) is 0. The third-order valence-corrected chi connectivity index (χ3v) is 3.35. The Morgan fingerprint density at radius 1 is 1.26 bits per heavy atom. The minimum Gasteiger partial charge on any atom is -0.352 e. The number of nitrogens with zero attached hydrogens (tertiary/aromatic N) is 2. The van der Waals surface area contributed by atoms with Crippen molar-refractivity contribution in [1.29, 1.82) is 0 Å². The number of hydrogen-bond acceptors (Lipinski definition) is 4. The van der Waals surface area contributed by atoms with Gasteiger partial charge in [0, 0.05) is 18.0 Å². The van der Waals surface area contributed by atoms with Gasteiger partial charge in [0.15, 0.2) is 5.69 Å². The van der Waals surface area contributed by atoms with Crippen LogP contribution in [0, 0.1) is 0 Å². The van der Waals surface area contributed by atoms with Crippen molar-refractivity contribution in [2.24, 2.45) is 0 Å². The van der Waals surface area contributed by atoms with Gasteiger partial charge in [0.05, 0.1) is 11.9 Å². The molecule has 0 bridgehead atoms. The summed E-state index contributed by atoms with van der Waals surface area (Å²) in [6.45, 7) is 5.80. The van der Waals surface area contributed by atoms with Crippen LogP contribution in [0.4, 0.5) is 0 Å². The van der Waals surface area contributed by atoms with E-state index >= 15 is 0 Å². The van der Waals surface area contributed by atoms with Crippen molar-refractivity contribution in [2.45, 2.75) is 26.8 Å². The van der Waals surface area contributed by atoms with Gasteiger partial charge < -0.3 is 10.2 Å². The fraction of sp³-hybridized carbons (Fsp3) is 0.375. The monoisotopic (exact) mass is 316 g/mol. The zero-order valence-electron chi connectivity index (χ0n) is 13.4. The van der Waals surface area contributed by atoms with Gasteiger partial charge >= 0.3 is 0 Å². The maximum atomic E-state index is 12.7. The lowest BCUT2D eigenvalue weighted by atomic mass is 10.1. The molecule has 7 heteroatoms. The molecule has 0 saturated heterocycles. The molecule has 0 fully saturated rings. The Kier molecular flexibility index (Phi) is 5.10. The Morgan fingerprint density at radius 3 is 2.52 bits per heavy atom. The summed E-state index contributed by atoms with van der Waals surface area (Å²) in [7, 11) is 0. The number of benzene rings is 1. The molecule has 2 N–H and O–H groups in total. The van der Waals surface area contributed by atoms with Crippen LogP contribution in [-0.4, -0.2) is 46.0 Å². The van der Waals surface area contributed by atoms with Gasteiger partial charge in [-0.25, -0.2) is 5.10 Å². The molecule has 0 aliphatic carbocycles. The van der Waals surface area contributed by atoms with Gasteiger partial charge in [0.2, 0.25) is 5.91 Å². The summed E-state index contributed by atoms with van der Waals surface area (Å²) in [6, 6.07) is 6.77. The fourth-order valence-electron chi connectivity index (χ4n) is 2.30. The molecular formula is C16H20N4O3. The van der Waals surface area contributed by atoms with Crippen molar-refractivity contribution in [3.63, 3.8) is 0 Å². The molecule has 1 heterocycles.